The average molecular weight is 333 g/mol. The molecule has 0 bridgehead atoms. The summed E-state index contributed by atoms with van der Waals surface area (Å²) < 4.78 is 5.47. The number of rotatable bonds is 7. The van der Waals surface area contributed by atoms with Crippen LogP contribution in [-0.2, 0) is 11.3 Å². The number of ether oxygens (including phenoxy) is 1. The third-order valence-electron chi connectivity index (χ3n) is 4.62. The summed E-state index contributed by atoms with van der Waals surface area (Å²) in [4.78, 5) is 16.6. The highest BCUT2D eigenvalue weighted by molar-refractivity contribution is 5.67. The molecule has 5 nitrogen and oxygen atoms in total. The number of hydrogen-bond acceptors (Lipinski definition) is 4. The molecule has 2 rings (SSSR count). The molecule has 0 radical (unpaired) electrons. The van der Waals surface area contributed by atoms with Crippen molar-refractivity contribution in [3.8, 4) is 0 Å². The minimum atomic E-state index is -0.196. The van der Waals surface area contributed by atoms with Gasteiger partial charge in [0.2, 0.25) is 0 Å². The molecule has 1 atom stereocenters. The summed E-state index contributed by atoms with van der Waals surface area (Å²) in [5, 5.41) is 0. The monoisotopic (exact) mass is 333 g/mol. The molecule has 0 aromatic heterocycles. The number of likely N-dealkylation sites (tertiary alicyclic amines) is 1. The first kappa shape index (κ1) is 18.7. The molecular formula is C19H31N3O2. The van der Waals surface area contributed by atoms with Crippen molar-refractivity contribution in [3.63, 3.8) is 0 Å². The SMILES string of the molecule is CC(C)N(CCN)C[C@H]1CCCN(C(=O)OCc2ccccc2)C1. The molecular weight excluding hydrogens is 302 g/mol. The van der Waals surface area contributed by atoms with Crippen LogP contribution in [0.1, 0.15) is 32.3 Å². The zero-order valence-corrected chi connectivity index (χ0v) is 15.0. The van der Waals surface area contributed by atoms with Gasteiger partial charge < -0.3 is 15.4 Å². The van der Waals surface area contributed by atoms with Gasteiger partial charge in [-0.05, 0) is 38.2 Å². The molecule has 24 heavy (non-hydrogen) atoms. The number of nitrogens with two attached hydrogens (primary N) is 1. The predicted octanol–water partition coefficient (Wildman–Crippen LogP) is 2.70. The molecule has 134 valence electrons. The van der Waals surface area contributed by atoms with E-state index < -0.39 is 0 Å². The summed E-state index contributed by atoms with van der Waals surface area (Å²) in [6.45, 7) is 8.89. The van der Waals surface area contributed by atoms with E-state index in [-0.39, 0.29) is 6.09 Å². The lowest BCUT2D eigenvalue weighted by atomic mass is 9.97. The van der Waals surface area contributed by atoms with Crippen molar-refractivity contribution < 1.29 is 9.53 Å². The summed E-state index contributed by atoms with van der Waals surface area (Å²) in [6, 6.07) is 10.3. The van der Waals surface area contributed by atoms with E-state index in [2.05, 4.69) is 18.7 Å². The van der Waals surface area contributed by atoms with Gasteiger partial charge in [-0.1, -0.05) is 30.3 Å². The van der Waals surface area contributed by atoms with Crippen molar-refractivity contribution in [2.24, 2.45) is 11.7 Å². The van der Waals surface area contributed by atoms with Crippen molar-refractivity contribution in [1.82, 2.24) is 9.80 Å². The molecule has 1 saturated heterocycles. The summed E-state index contributed by atoms with van der Waals surface area (Å²) in [6.07, 6.45) is 2.01. The standard InChI is InChI=1S/C19H31N3O2/c1-16(2)21(12-10-20)13-18-9-6-11-22(14-18)19(23)24-15-17-7-4-3-5-8-17/h3-5,7-8,16,18H,6,9-15,20H2,1-2H3/t18-/m1/s1. The van der Waals surface area contributed by atoms with Crippen LogP contribution in [0.25, 0.3) is 0 Å². The van der Waals surface area contributed by atoms with Crippen molar-refractivity contribution in [3.05, 3.63) is 35.9 Å². The van der Waals surface area contributed by atoms with E-state index in [1.54, 1.807) is 0 Å². The van der Waals surface area contributed by atoms with E-state index >= 15 is 0 Å². The number of carbonyl (C=O) groups is 1. The van der Waals surface area contributed by atoms with Gasteiger partial charge in [0.25, 0.3) is 0 Å². The van der Waals surface area contributed by atoms with Crippen LogP contribution in [-0.4, -0.2) is 54.7 Å². The van der Waals surface area contributed by atoms with Gasteiger partial charge in [-0.2, -0.15) is 0 Å². The van der Waals surface area contributed by atoms with E-state index in [0.717, 1.165) is 44.6 Å². The van der Waals surface area contributed by atoms with Crippen molar-refractivity contribution in [1.29, 1.82) is 0 Å². The molecule has 1 aromatic rings. The maximum absolute atomic E-state index is 12.3. The minimum absolute atomic E-state index is 0.196. The van der Waals surface area contributed by atoms with Gasteiger partial charge in [-0.3, -0.25) is 4.90 Å². The second-order valence-corrected chi connectivity index (χ2v) is 6.87. The summed E-state index contributed by atoms with van der Waals surface area (Å²) >= 11 is 0. The Kier molecular flexibility index (Phi) is 7.53. The first-order valence-electron chi connectivity index (χ1n) is 9.00. The van der Waals surface area contributed by atoms with Crippen LogP contribution < -0.4 is 5.73 Å². The van der Waals surface area contributed by atoms with Gasteiger partial charge >= 0.3 is 6.09 Å². The van der Waals surface area contributed by atoms with Gasteiger partial charge in [0.15, 0.2) is 0 Å². The Labute approximate surface area is 145 Å². The maximum Gasteiger partial charge on any atom is 0.410 e. The molecule has 0 spiro atoms. The molecule has 1 amide bonds. The van der Waals surface area contributed by atoms with Gasteiger partial charge in [0, 0.05) is 38.8 Å². The van der Waals surface area contributed by atoms with Crippen LogP contribution in [0.3, 0.4) is 0 Å². The zero-order valence-electron chi connectivity index (χ0n) is 15.0. The van der Waals surface area contributed by atoms with Crippen LogP contribution in [0.5, 0.6) is 0 Å². The summed E-state index contributed by atoms with van der Waals surface area (Å²) in [5.41, 5.74) is 6.74. The topological polar surface area (TPSA) is 58.8 Å². The average Bonchev–Trinajstić information content (AvgIpc) is 2.60. The molecule has 1 aliphatic heterocycles. The number of carbonyl (C=O) groups excluding carboxylic acids is 1. The van der Waals surface area contributed by atoms with Crippen molar-refractivity contribution in [2.75, 3.05) is 32.7 Å². The zero-order chi connectivity index (χ0) is 17.4. The van der Waals surface area contributed by atoms with Crippen LogP contribution >= 0.6 is 0 Å². The van der Waals surface area contributed by atoms with E-state index in [1.165, 1.54) is 0 Å². The second-order valence-electron chi connectivity index (χ2n) is 6.87. The van der Waals surface area contributed by atoms with Crippen LogP contribution in [0.4, 0.5) is 4.79 Å². The molecule has 1 aliphatic rings. The molecule has 1 aromatic carbocycles. The van der Waals surface area contributed by atoms with E-state index in [4.69, 9.17) is 10.5 Å². The number of hydrogen-bond donors (Lipinski definition) is 1. The number of nitrogens with zero attached hydrogens (tertiary/aromatic N) is 2. The molecule has 5 heteroatoms. The molecule has 2 N–H and O–H groups in total. The summed E-state index contributed by atoms with van der Waals surface area (Å²) in [5.74, 6) is 0.497. The van der Waals surface area contributed by atoms with Crippen molar-refractivity contribution in [2.45, 2.75) is 39.3 Å². The number of piperidine rings is 1. The van der Waals surface area contributed by atoms with Gasteiger partial charge in [0.05, 0.1) is 0 Å². The van der Waals surface area contributed by atoms with E-state index in [0.29, 0.717) is 25.1 Å². The first-order valence-corrected chi connectivity index (χ1v) is 9.00. The smallest absolute Gasteiger partial charge is 0.410 e. The van der Waals surface area contributed by atoms with Crippen LogP contribution in [0.15, 0.2) is 30.3 Å². The lowest BCUT2D eigenvalue weighted by molar-refractivity contribution is 0.0696. The molecule has 0 aliphatic carbocycles. The van der Waals surface area contributed by atoms with Gasteiger partial charge in [0.1, 0.15) is 6.61 Å². The Bertz CT molecular complexity index is 493. The fourth-order valence-electron chi connectivity index (χ4n) is 3.25. The van der Waals surface area contributed by atoms with Gasteiger partial charge in [-0.15, -0.1) is 0 Å². The van der Waals surface area contributed by atoms with Crippen molar-refractivity contribution >= 4 is 6.09 Å². The molecule has 1 fully saturated rings. The molecule has 1 heterocycles. The highest BCUT2D eigenvalue weighted by Gasteiger charge is 2.26. The Morgan fingerprint density at radius 2 is 2.12 bits per heavy atom. The lowest BCUT2D eigenvalue weighted by Crippen LogP contribution is -2.46. The Morgan fingerprint density at radius 3 is 2.79 bits per heavy atom. The minimum Gasteiger partial charge on any atom is -0.445 e. The quantitative estimate of drug-likeness (QED) is 0.833. The number of amides is 1. The van der Waals surface area contributed by atoms with E-state index in [9.17, 15) is 4.79 Å². The fraction of sp³-hybridized carbons (Fsp3) is 0.632. The largest absolute Gasteiger partial charge is 0.445 e. The van der Waals surface area contributed by atoms with Gasteiger partial charge in [-0.25, -0.2) is 4.79 Å². The highest BCUT2D eigenvalue weighted by atomic mass is 16.6. The normalized spacial score (nSPS) is 18.2. The number of benzene rings is 1. The van der Waals surface area contributed by atoms with Crippen LogP contribution in [0, 0.1) is 5.92 Å². The third-order valence-corrected chi connectivity index (χ3v) is 4.62. The fourth-order valence-corrected chi connectivity index (χ4v) is 3.25. The Morgan fingerprint density at radius 1 is 1.38 bits per heavy atom. The second kappa shape index (κ2) is 9.64. The first-order chi connectivity index (χ1) is 11.6. The highest BCUT2D eigenvalue weighted by Crippen LogP contribution is 2.19. The Balaban J connectivity index is 1.82. The van der Waals surface area contributed by atoms with Crippen LogP contribution in [0.2, 0.25) is 0 Å². The third kappa shape index (κ3) is 5.80. The molecule has 0 unspecified atom stereocenters. The van der Waals surface area contributed by atoms with E-state index in [1.807, 2.05) is 35.2 Å². The lowest BCUT2D eigenvalue weighted by Gasteiger charge is -2.36. The summed E-state index contributed by atoms with van der Waals surface area (Å²) in [7, 11) is 0. The predicted molar refractivity (Wildman–Crippen MR) is 96.7 cm³/mol. The Hall–Kier alpha value is -1.59. The maximum atomic E-state index is 12.3. The molecule has 0 saturated carbocycles.